The van der Waals surface area contributed by atoms with Gasteiger partial charge in [0.25, 0.3) is 0 Å². The number of nitrogens with one attached hydrogen (secondary N) is 2. The first kappa shape index (κ1) is 13.3. The molecule has 0 aliphatic rings. The molecule has 0 fully saturated rings. The molecule has 0 aromatic rings. The first-order chi connectivity index (χ1) is 6.54. The van der Waals surface area contributed by atoms with Crippen molar-refractivity contribution >= 4 is 0 Å². The van der Waals surface area contributed by atoms with Gasteiger partial charge in [-0.25, -0.2) is 0 Å². The summed E-state index contributed by atoms with van der Waals surface area (Å²) in [5.41, 5.74) is 1.37. The zero-order valence-corrected chi connectivity index (χ0v) is 10.3. The van der Waals surface area contributed by atoms with Crippen molar-refractivity contribution in [3.05, 3.63) is 11.4 Å². The molecule has 0 aliphatic heterocycles. The summed E-state index contributed by atoms with van der Waals surface area (Å²) < 4.78 is 0. The molecule has 14 heavy (non-hydrogen) atoms. The van der Waals surface area contributed by atoms with E-state index < -0.39 is 0 Å². The van der Waals surface area contributed by atoms with Gasteiger partial charge < -0.3 is 20.4 Å². The number of rotatable bonds is 6. The third-order valence-corrected chi connectivity index (χ3v) is 1.94. The van der Waals surface area contributed by atoms with Crippen LogP contribution < -0.4 is 10.6 Å². The lowest BCUT2D eigenvalue weighted by molar-refractivity contribution is 0.332. The molecule has 0 atom stereocenters. The van der Waals surface area contributed by atoms with Gasteiger partial charge >= 0.3 is 0 Å². The van der Waals surface area contributed by atoms with E-state index >= 15 is 0 Å². The van der Waals surface area contributed by atoms with Crippen molar-refractivity contribution in [2.45, 2.75) is 0 Å². The maximum atomic E-state index is 3.19. The average molecular weight is 200 g/mol. The van der Waals surface area contributed by atoms with Gasteiger partial charge in [0, 0.05) is 41.3 Å². The van der Waals surface area contributed by atoms with E-state index in [2.05, 4.69) is 48.6 Å². The van der Waals surface area contributed by atoms with Crippen LogP contribution in [0.5, 0.6) is 0 Å². The van der Waals surface area contributed by atoms with Gasteiger partial charge in [0.2, 0.25) is 0 Å². The van der Waals surface area contributed by atoms with E-state index in [4.69, 9.17) is 0 Å². The van der Waals surface area contributed by atoms with Crippen molar-refractivity contribution in [2.75, 3.05) is 55.4 Å². The van der Waals surface area contributed by atoms with Crippen LogP contribution in [0.2, 0.25) is 0 Å². The van der Waals surface area contributed by atoms with E-state index in [0.717, 1.165) is 13.1 Å². The summed E-state index contributed by atoms with van der Waals surface area (Å²) in [5.74, 6) is 1.26. The maximum Gasteiger partial charge on any atom is 0.105 e. The first-order valence-corrected chi connectivity index (χ1v) is 4.90. The van der Waals surface area contributed by atoms with Crippen molar-refractivity contribution in [3.63, 3.8) is 0 Å². The highest BCUT2D eigenvalue weighted by Gasteiger charge is 2.09. The summed E-state index contributed by atoms with van der Waals surface area (Å²) in [6.45, 7) is 1.82. The molecule has 0 aliphatic carbocycles. The molecule has 0 unspecified atom stereocenters. The molecule has 0 bridgehead atoms. The number of hydrogen-bond donors (Lipinski definition) is 2. The average Bonchev–Trinajstić information content (AvgIpc) is 2.03. The highest BCUT2D eigenvalue weighted by atomic mass is 15.3. The van der Waals surface area contributed by atoms with Crippen molar-refractivity contribution in [2.24, 2.45) is 0 Å². The van der Waals surface area contributed by atoms with Gasteiger partial charge in [-0.1, -0.05) is 0 Å². The molecule has 4 nitrogen and oxygen atoms in total. The SMILES string of the molecule is CNCC(CNC)=C(N(C)C)N(C)C. The van der Waals surface area contributed by atoms with Crippen molar-refractivity contribution in [3.8, 4) is 0 Å². The van der Waals surface area contributed by atoms with Crippen LogP contribution >= 0.6 is 0 Å². The molecule has 2 N–H and O–H groups in total. The topological polar surface area (TPSA) is 30.5 Å². The second-order valence-electron chi connectivity index (χ2n) is 3.78. The summed E-state index contributed by atoms with van der Waals surface area (Å²) in [4.78, 5) is 4.29. The van der Waals surface area contributed by atoms with E-state index in [0.29, 0.717) is 0 Å². The Morgan fingerprint density at radius 3 is 1.43 bits per heavy atom. The minimum atomic E-state index is 0.909. The van der Waals surface area contributed by atoms with Gasteiger partial charge in [-0.15, -0.1) is 0 Å². The van der Waals surface area contributed by atoms with Gasteiger partial charge in [-0.05, 0) is 19.7 Å². The molecule has 0 aromatic heterocycles. The zero-order valence-electron chi connectivity index (χ0n) is 10.3. The molecule has 0 saturated heterocycles. The highest BCUT2D eigenvalue weighted by Crippen LogP contribution is 2.08. The van der Waals surface area contributed by atoms with E-state index in [9.17, 15) is 0 Å². The van der Waals surface area contributed by atoms with Gasteiger partial charge in [0.05, 0.1) is 0 Å². The standard InChI is InChI=1S/C10H24N4/c1-11-7-9(8-12-2)10(13(3)4)14(5)6/h11-12H,7-8H2,1-6H3. The van der Waals surface area contributed by atoms with E-state index in [1.165, 1.54) is 11.4 Å². The Morgan fingerprint density at radius 1 is 0.857 bits per heavy atom. The molecular weight excluding hydrogens is 176 g/mol. The summed E-state index contributed by atoms with van der Waals surface area (Å²) in [6, 6.07) is 0. The summed E-state index contributed by atoms with van der Waals surface area (Å²) >= 11 is 0. The third kappa shape index (κ3) is 3.98. The Labute approximate surface area is 88.0 Å². The van der Waals surface area contributed by atoms with Gasteiger partial charge in [-0.2, -0.15) is 0 Å². The predicted octanol–water partition coefficient (Wildman–Crippen LogP) is -0.240. The molecular formula is C10H24N4. The minimum absolute atomic E-state index is 0.909. The maximum absolute atomic E-state index is 3.19. The minimum Gasteiger partial charge on any atom is -0.364 e. The largest absolute Gasteiger partial charge is 0.364 e. The second-order valence-corrected chi connectivity index (χ2v) is 3.78. The fourth-order valence-corrected chi connectivity index (χ4v) is 1.68. The Balaban J connectivity index is 4.83. The van der Waals surface area contributed by atoms with Crippen LogP contribution in [-0.2, 0) is 0 Å². The molecule has 0 radical (unpaired) electrons. The third-order valence-electron chi connectivity index (χ3n) is 1.94. The van der Waals surface area contributed by atoms with Crippen LogP contribution in [0.3, 0.4) is 0 Å². The monoisotopic (exact) mass is 200 g/mol. The number of nitrogens with zero attached hydrogens (tertiary/aromatic N) is 2. The molecule has 84 valence electrons. The summed E-state index contributed by atoms with van der Waals surface area (Å²) in [7, 11) is 12.2. The van der Waals surface area contributed by atoms with Crippen LogP contribution in [0.4, 0.5) is 0 Å². The van der Waals surface area contributed by atoms with E-state index in [-0.39, 0.29) is 0 Å². The van der Waals surface area contributed by atoms with Crippen LogP contribution in [-0.4, -0.2) is 65.2 Å². The van der Waals surface area contributed by atoms with Crippen LogP contribution in [0.1, 0.15) is 0 Å². The molecule has 0 saturated carbocycles. The lowest BCUT2D eigenvalue weighted by Gasteiger charge is -2.28. The van der Waals surface area contributed by atoms with Gasteiger partial charge in [0.1, 0.15) is 5.82 Å². The Kier molecular flexibility index (Phi) is 6.32. The lowest BCUT2D eigenvalue weighted by atomic mass is 10.2. The van der Waals surface area contributed by atoms with Crippen molar-refractivity contribution in [1.82, 2.24) is 20.4 Å². The summed E-state index contributed by atoms with van der Waals surface area (Å²) in [6.07, 6.45) is 0. The number of hydrogen-bond acceptors (Lipinski definition) is 4. The summed E-state index contributed by atoms with van der Waals surface area (Å²) in [5, 5.41) is 6.38. The fraction of sp³-hybridized carbons (Fsp3) is 0.800. The number of likely N-dealkylation sites (N-methyl/N-ethyl adjacent to an activating group) is 2. The van der Waals surface area contributed by atoms with E-state index in [1.54, 1.807) is 0 Å². The zero-order chi connectivity index (χ0) is 11.1. The lowest BCUT2D eigenvalue weighted by Crippen LogP contribution is -2.32. The Morgan fingerprint density at radius 2 is 1.21 bits per heavy atom. The smallest absolute Gasteiger partial charge is 0.105 e. The molecule has 4 heteroatoms. The molecule has 0 heterocycles. The first-order valence-electron chi connectivity index (χ1n) is 4.90. The quantitative estimate of drug-likeness (QED) is 0.619. The van der Waals surface area contributed by atoms with Crippen LogP contribution in [0.25, 0.3) is 0 Å². The van der Waals surface area contributed by atoms with E-state index in [1.807, 2.05) is 14.1 Å². The van der Waals surface area contributed by atoms with Crippen LogP contribution in [0, 0.1) is 0 Å². The molecule has 0 spiro atoms. The highest BCUT2D eigenvalue weighted by molar-refractivity contribution is 5.14. The molecule has 0 rings (SSSR count). The van der Waals surface area contributed by atoms with Crippen LogP contribution in [0.15, 0.2) is 11.4 Å². The molecule has 0 aromatic carbocycles. The van der Waals surface area contributed by atoms with Gasteiger partial charge in [0.15, 0.2) is 0 Å². The second kappa shape index (κ2) is 6.68. The van der Waals surface area contributed by atoms with Gasteiger partial charge in [-0.3, -0.25) is 0 Å². The molecule has 0 amide bonds. The van der Waals surface area contributed by atoms with Crippen molar-refractivity contribution in [1.29, 1.82) is 0 Å². The van der Waals surface area contributed by atoms with Crippen molar-refractivity contribution < 1.29 is 0 Å². The Hall–Kier alpha value is -0.740. The normalized spacial score (nSPS) is 9.86. The predicted molar refractivity (Wildman–Crippen MR) is 62.3 cm³/mol. The fourth-order valence-electron chi connectivity index (χ4n) is 1.68. The Bertz CT molecular complexity index is 167.